The summed E-state index contributed by atoms with van der Waals surface area (Å²) in [6.45, 7) is 15.3. The predicted molar refractivity (Wildman–Crippen MR) is 165 cm³/mol. The van der Waals surface area contributed by atoms with E-state index in [-0.39, 0.29) is 0 Å². The van der Waals surface area contributed by atoms with Crippen LogP contribution in [-0.4, -0.2) is 35.5 Å². The maximum Gasteiger partial charge on any atom is 0.172 e. The third-order valence-corrected chi connectivity index (χ3v) is 6.89. The van der Waals surface area contributed by atoms with Crippen molar-refractivity contribution in [2.45, 2.75) is 67.2 Å². The van der Waals surface area contributed by atoms with E-state index in [0.29, 0.717) is 18.4 Å². The van der Waals surface area contributed by atoms with E-state index in [0.717, 1.165) is 90.0 Å². The minimum absolute atomic E-state index is 0.428. The molecule has 1 aliphatic heterocycles. The maximum absolute atomic E-state index is 6.20. The number of allylic oxidation sites excluding steroid dienone is 1. The zero-order chi connectivity index (χ0) is 28.5. The average molecular weight is 542 g/mol. The van der Waals surface area contributed by atoms with Crippen LogP contribution < -0.4 is 19.7 Å². The third-order valence-electron chi connectivity index (χ3n) is 6.89. The van der Waals surface area contributed by atoms with Gasteiger partial charge in [-0.3, -0.25) is 4.98 Å². The number of unbranched alkanes of at least 4 members (excludes halogenated alkanes) is 1. The highest BCUT2D eigenvalue weighted by atomic mass is 16.5. The molecule has 2 aromatic heterocycles. The molecular formula is C33H43N5O2. The van der Waals surface area contributed by atoms with Crippen LogP contribution in [0, 0.1) is 19.8 Å². The van der Waals surface area contributed by atoms with Crippen LogP contribution in [-0.2, 0) is 6.42 Å². The molecule has 7 heteroatoms. The van der Waals surface area contributed by atoms with Gasteiger partial charge in [0.2, 0.25) is 0 Å². The zero-order valence-corrected chi connectivity index (χ0v) is 24.8. The Labute approximate surface area is 239 Å². The largest absolute Gasteiger partial charge is 0.489 e. The van der Waals surface area contributed by atoms with Gasteiger partial charge in [0.05, 0.1) is 12.8 Å². The normalized spacial score (nSPS) is 15.5. The van der Waals surface area contributed by atoms with Crippen LogP contribution in [0.1, 0.15) is 69.5 Å². The molecule has 1 aliphatic rings. The molecule has 1 atom stereocenters. The SMILES string of the molecule is CC/C=C/N=C(Nc1ccc(Oc2ccc(CC)nc2)c(C)c1)c1nc2c(cc1C)OCC(C)CN2CCCC. The molecule has 0 bridgehead atoms. The van der Waals surface area contributed by atoms with Crippen LogP contribution in [0.5, 0.6) is 17.2 Å². The number of anilines is 2. The Morgan fingerprint density at radius 2 is 2.00 bits per heavy atom. The Bertz CT molecular complexity index is 1330. The van der Waals surface area contributed by atoms with E-state index in [1.807, 2.05) is 43.5 Å². The van der Waals surface area contributed by atoms with E-state index >= 15 is 0 Å². The lowest BCUT2D eigenvalue weighted by atomic mass is 10.1. The van der Waals surface area contributed by atoms with Crippen molar-refractivity contribution in [2.75, 3.05) is 29.9 Å². The topological polar surface area (TPSA) is 71.9 Å². The molecule has 0 amide bonds. The van der Waals surface area contributed by atoms with Crippen molar-refractivity contribution in [2.24, 2.45) is 10.9 Å². The van der Waals surface area contributed by atoms with Crippen LogP contribution in [0.15, 0.2) is 59.9 Å². The Morgan fingerprint density at radius 3 is 2.70 bits per heavy atom. The third kappa shape index (κ3) is 7.40. The van der Waals surface area contributed by atoms with E-state index < -0.39 is 0 Å². The predicted octanol–water partition coefficient (Wildman–Crippen LogP) is 7.87. The smallest absolute Gasteiger partial charge is 0.172 e. The molecule has 1 unspecified atom stereocenters. The van der Waals surface area contributed by atoms with Gasteiger partial charge < -0.3 is 19.7 Å². The number of nitrogens with one attached hydrogen (secondary N) is 1. The summed E-state index contributed by atoms with van der Waals surface area (Å²) in [5.41, 5.74) is 4.80. The molecule has 0 fully saturated rings. The van der Waals surface area contributed by atoms with Crippen molar-refractivity contribution >= 4 is 17.3 Å². The van der Waals surface area contributed by atoms with Gasteiger partial charge in [-0.2, -0.15) is 0 Å². The first-order valence-electron chi connectivity index (χ1n) is 14.5. The van der Waals surface area contributed by atoms with Gasteiger partial charge in [0, 0.05) is 36.6 Å². The van der Waals surface area contributed by atoms with Crippen LogP contribution >= 0.6 is 0 Å². The highest BCUT2D eigenvalue weighted by molar-refractivity contribution is 6.08. The number of hydrogen-bond acceptors (Lipinski definition) is 6. The number of rotatable bonds is 10. The highest BCUT2D eigenvalue weighted by Gasteiger charge is 2.24. The fraction of sp³-hybridized carbons (Fsp3) is 0.424. The first-order chi connectivity index (χ1) is 19.4. The second-order valence-electron chi connectivity index (χ2n) is 10.5. The van der Waals surface area contributed by atoms with Crippen molar-refractivity contribution in [3.63, 3.8) is 0 Å². The average Bonchev–Trinajstić information content (AvgIpc) is 3.10. The summed E-state index contributed by atoms with van der Waals surface area (Å²) < 4.78 is 12.3. The van der Waals surface area contributed by atoms with E-state index in [1.54, 1.807) is 6.20 Å². The Hall–Kier alpha value is -3.87. The molecule has 40 heavy (non-hydrogen) atoms. The molecule has 3 aromatic rings. The van der Waals surface area contributed by atoms with Gasteiger partial charge in [-0.1, -0.05) is 40.2 Å². The summed E-state index contributed by atoms with van der Waals surface area (Å²) in [6.07, 6.45) is 9.72. The monoisotopic (exact) mass is 541 g/mol. The van der Waals surface area contributed by atoms with Gasteiger partial charge in [-0.15, -0.1) is 0 Å². The minimum atomic E-state index is 0.428. The number of nitrogens with zero attached hydrogens (tertiary/aromatic N) is 4. The molecule has 4 rings (SSSR count). The van der Waals surface area contributed by atoms with Gasteiger partial charge in [0.15, 0.2) is 17.4 Å². The van der Waals surface area contributed by atoms with Crippen molar-refractivity contribution in [1.82, 2.24) is 9.97 Å². The summed E-state index contributed by atoms with van der Waals surface area (Å²) in [5.74, 6) is 4.39. The first kappa shape index (κ1) is 29.1. The van der Waals surface area contributed by atoms with Gasteiger partial charge in [-0.25, -0.2) is 9.98 Å². The Balaban J connectivity index is 1.64. The van der Waals surface area contributed by atoms with Crippen LogP contribution in [0.2, 0.25) is 0 Å². The van der Waals surface area contributed by atoms with Crippen molar-refractivity contribution < 1.29 is 9.47 Å². The fourth-order valence-corrected chi connectivity index (χ4v) is 4.62. The molecule has 0 aliphatic carbocycles. The zero-order valence-electron chi connectivity index (χ0n) is 24.8. The number of ether oxygens (including phenoxy) is 2. The highest BCUT2D eigenvalue weighted by Crippen LogP contribution is 2.33. The number of fused-ring (bicyclic) bond motifs is 1. The number of aromatic nitrogens is 2. The van der Waals surface area contributed by atoms with Gasteiger partial charge in [0.25, 0.3) is 0 Å². The van der Waals surface area contributed by atoms with E-state index in [2.05, 4.69) is 62.0 Å². The second-order valence-corrected chi connectivity index (χ2v) is 10.5. The number of hydrogen-bond donors (Lipinski definition) is 1. The lowest BCUT2D eigenvalue weighted by Crippen LogP contribution is -2.30. The quantitative estimate of drug-likeness (QED) is 0.208. The van der Waals surface area contributed by atoms with E-state index in [1.165, 1.54) is 0 Å². The standard InChI is InChI=1S/C33H43N5O2/c1-7-10-16-34-32(31-25(6)19-30-33(37-31)38(17-11-8-2)21-23(4)22-39-30)36-27-13-15-29(24(5)18-27)40-28-14-12-26(9-3)35-20-28/h10,12-16,18-20,23H,7-9,11,17,21-22H2,1-6H3,(H,34,36)/b16-10+. The van der Waals surface area contributed by atoms with Crippen molar-refractivity contribution in [1.29, 1.82) is 0 Å². The molecule has 1 N–H and O–H groups in total. The number of aliphatic imine (C=N–C) groups is 1. The van der Waals surface area contributed by atoms with Crippen LogP contribution in [0.3, 0.4) is 0 Å². The van der Waals surface area contributed by atoms with Gasteiger partial charge in [-0.05, 0) is 80.6 Å². The van der Waals surface area contributed by atoms with Crippen molar-refractivity contribution in [3.8, 4) is 17.2 Å². The Kier molecular flexibility index (Phi) is 10.2. The molecule has 0 radical (unpaired) electrons. The number of aryl methyl sites for hydroxylation is 3. The van der Waals surface area contributed by atoms with Crippen LogP contribution in [0.25, 0.3) is 0 Å². The van der Waals surface area contributed by atoms with Crippen molar-refractivity contribution in [3.05, 3.63) is 77.4 Å². The summed E-state index contributed by atoms with van der Waals surface area (Å²) in [4.78, 5) is 16.8. The summed E-state index contributed by atoms with van der Waals surface area (Å²) in [7, 11) is 0. The number of benzene rings is 1. The van der Waals surface area contributed by atoms with Crippen LogP contribution in [0.4, 0.5) is 11.5 Å². The molecule has 0 saturated carbocycles. The first-order valence-corrected chi connectivity index (χ1v) is 14.5. The maximum atomic E-state index is 6.20. The lowest BCUT2D eigenvalue weighted by Gasteiger charge is -2.25. The molecule has 0 spiro atoms. The number of amidine groups is 1. The number of pyridine rings is 2. The molecule has 3 heterocycles. The van der Waals surface area contributed by atoms with Gasteiger partial charge >= 0.3 is 0 Å². The summed E-state index contributed by atoms with van der Waals surface area (Å²) in [5, 5.41) is 3.54. The fourth-order valence-electron chi connectivity index (χ4n) is 4.62. The molecule has 7 nitrogen and oxygen atoms in total. The summed E-state index contributed by atoms with van der Waals surface area (Å²) in [6, 6.07) is 12.1. The molecule has 0 saturated heterocycles. The van der Waals surface area contributed by atoms with Gasteiger partial charge in [0.1, 0.15) is 17.2 Å². The minimum Gasteiger partial charge on any atom is -0.489 e. The lowest BCUT2D eigenvalue weighted by molar-refractivity contribution is 0.273. The second kappa shape index (κ2) is 14.0. The molecule has 1 aromatic carbocycles. The summed E-state index contributed by atoms with van der Waals surface area (Å²) >= 11 is 0. The Morgan fingerprint density at radius 1 is 1.15 bits per heavy atom. The van der Waals surface area contributed by atoms with E-state index in [9.17, 15) is 0 Å². The van der Waals surface area contributed by atoms with E-state index in [4.69, 9.17) is 19.5 Å². The molecular weight excluding hydrogens is 498 g/mol. The molecule has 212 valence electrons.